The fraction of sp³-hybridized carbons (Fsp3) is 0.368. The van der Waals surface area contributed by atoms with Gasteiger partial charge in [0.2, 0.25) is 0 Å². The third-order valence-electron chi connectivity index (χ3n) is 4.53. The van der Waals surface area contributed by atoms with Crippen LogP contribution in [0, 0.1) is 5.82 Å². The number of benzene rings is 1. The van der Waals surface area contributed by atoms with E-state index < -0.39 is 0 Å². The first kappa shape index (κ1) is 17.4. The number of aliphatic hydroxyl groups excluding tert-OH is 1. The quantitative estimate of drug-likeness (QED) is 0.896. The van der Waals surface area contributed by atoms with Crippen molar-refractivity contribution in [3.63, 3.8) is 0 Å². The van der Waals surface area contributed by atoms with E-state index in [2.05, 4.69) is 15.2 Å². The number of aliphatic hydroxyl groups is 1. The molecule has 1 fully saturated rings. The lowest BCUT2D eigenvalue weighted by atomic mass is 10.0. The first-order valence-corrected chi connectivity index (χ1v) is 8.48. The Morgan fingerprint density at radius 1 is 1.36 bits per heavy atom. The van der Waals surface area contributed by atoms with E-state index in [1.54, 1.807) is 24.4 Å². The lowest BCUT2D eigenvalue weighted by molar-refractivity contribution is 0.0939. The minimum Gasteiger partial charge on any atom is -0.393 e. The normalized spacial score (nSPS) is 16.5. The van der Waals surface area contributed by atoms with Gasteiger partial charge >= 0.3 is 0 Å². The van der Waals surface area contributed by atoms with E-state index in [1.807, 2.05) is 6.92 Å². The summed E-state index contributed by atoms with van der Waals surface area (Å²) in [7, 11) is 0. The molecule has 0 radical (unpaired) electrons. The van der Waals surface area contributed by atoms with Crippen LogP contribution in [0.15, 0.2) is 42.7 Å². The Morgan fingerprint density at radius 3 is 2.80 bits per heavy atom. The number of piperidine rings is 1. The molecule has 5 nitrogen and oxygen atoms in total. The van der Waals surface area contributed by atoms with Gasteiger partial charge in [-0.05, 0) is 50.1 Å². The fourth-order valence-corrected chi connectivity index (χ4v) is 3.12. The molecule has 6 heteroatoms. The molecular formula is C19H22FN3O2. The Balaban J connectivity index is 1.80. The number of hydrogen-bond donors (Lipinski definition) is 2. The topological polar surface area (TPSA) is 65.5 Å². The molecule has 1 atom stereocenters. The molecule has 1 aromatic heterocycles. The number of rotatable bonds is 4. The number of anilines is 1. The van der Waals surface area contributed by atoms with Gasteiger partial charge in [0, 0.05) is 36.7 Å². The first-order valence-electron chi connectivity index (χ1n) is 8.48. The Bertz CT molecular complexity index is 731. The van der Waals surface area contributed by atoms with Gasteiger partial charge in [-0.3, -0.25) is 9.78 Å². The highest BCUT2D eigenvalue weighted by Gasteiger charge is 2.22. The van der Waals surface area contributed by atoms with Gasteiger partial charge in [0.15, 0.2) is 0 Å². The van der Waals surface area contributed by atoms with Gasteiger partial charge in [-0.25, -0.2) is 4.39 Å². The summed E-state index contributed by atoms with van der Waals surface area (Å²) in [5.41, 5.74) is 2.09. The summed E-state index contributed by atoms with van der Waals surface area (Å²) in [5, 5.41) is 12.6. The highest BCUT2D eigenvalue weighted by molar-refractivity contribution is 5.94. The number of pyridine rings is 1. The van der Waals surface area contributed by atoms with Gasteiger partial charge in [-0.2, -0.15) is 0 Å². The monoisotopic (exact) mass is 343 g/mol. The number of nitrogens with one attached hydrogen (secondary N) is 1. The summed E-state index contributed by atoms with van der Waals surface area (Å²) in [6, 6.07) is 7.67. The van der Waals surface area contributed by atoms with Gasteiger partial charge in [0.1, 0.15) is 5.82 Å². The molecule has 0 aliphatic carbocycles. The molecule has 1 saturated heterocycles. The van der Waals surface area contributed by atoms with E-state index in [0.29, 0.717) is 31.5 Å². The van der Waals surface area contributed by atoms with Crippen LogP contribution < -0.4 is 10.2 Å². The van der Waals surface area contributed by atoms with Gasteiger partial charge in [0.05, 0.1) is 17.7 Å². The molecule has 1 aromatic carbocycles. The summed E-state index contributed by atoms with van der Waals surface area (Å²) in [6.07, 6.45) is 4.21. The van der Waals surface area contributed by atoms with Crippen molar-refractivity contribution in [1.82, 2.24) is 10.3 Å². The second-order valence-corrected chi connectivity index (χ2v) is 6.36. The first-order chi connectivity index (χ1) is 12.0. The number of nitrogens with zero attached hydrogens (tertiary/aromatic N) is 2. The zero-order chi connectivity index (χ0) is 17.8. The zero-order valence-electron chi connectivity index (χ0n) is 14.2. The predicted octanol–water partition coefficient (Wildman–Crippen LogP) is 2.67. The molecule has 3 rings (SSSR count). The lowest BCUT2D eigenvalue weighted by Crippen LogP contribution is -2.37. The zero-order valence-corrected chi connectivity index (χ0v) is 14.2. The lowest BCUT2D eigenvalue weighted by Gasteiger charge is -2.34. The number of hydrogen-bond acceptors (Lipinski definition) is 4. The molecule has 1 amide bonds. The number of halogens is 1. The van der Waals surface area contributed by atoms with Crippen molar-refractivity contribution in [3.05, 3.63) is 59.7 Å². The minimum atomic E-state index is -0.356. The van der Waals surface area contributed by atoms with Gasteiger partial charge in [-0.15, -0.1) is 0 Å². The average molecular weight is 343 g/mol. The molecule has 25 heavy (non-hydrogen) atoms. The third-order valence-corrected chi connectivity index (χ3v) is 4.53. The Hall–Kier alpha value is -2.47. The Kier molecular flexibility index (Phi) is 5.28. The highest BCUT2D eigenvalue weighted by Crippen LogP contribution is 2.29. The van der Waals surface area contributed by atoms with Crippen molar-refractivity contribution >= 4 is 11.6 Å². The predicted molar refractivity (Wildman–Crippen MR) is 94.0 cm³/mol. The van der Waals surface area contributed by atoms with Crippen LogP contribution in [0.25, 0.3) is 0 Å². The number of carbonyl (C=O) groups is 1. The molecule has 0 saturated carbocycles. The summed E-state index contributed by atoms with van der Waals surface area (Å²) in [4.78, 5) is 18.4. The molecule has 0 bridgehead atoms. The molecule has 1 aliphatic rings. The van der Waals surface area contributed by atoms with Gasteiger partial charge in [0.25, 0.3) is 5.91 Å². The van der Waals surface area contributed by atoms with Crippen LogP contribution in [0.1, 0.15) is 41.7 Å². The SMILES string of the molecule is CC(NC(=O)c1cccnc1)c1cc(F)ccc1N1CCC(O)CC1. The molecule has 2 aromatic rings. The molecule has 2 heterocycles. The van der Waals surface area contributed by atoms with E-state index in [1.165, 1.54) is 18.3 Å². The van der Waals surface area contributed by atoms with Crippen molar-refractivity contribution in [2.75, 3.05) is 18.0 Å². The van der Waals surface area contributed by atoms with Crippen LogP contribution in [0.2, 0.25) is 0 Å². The van der Waals surface area contributed by atoms with Crippen LogP contribution in [-0.4, -0.2) is 35.2 Å². The number of amides is 1. The summed E-state index contributed by atoms with van der Waals surface area (Å²) in [6.45, 7) is 3.26. The maximum Gasteiger partial charge on any atom is 0.253 e. The average Bonchev–Trinajstić information content (AvgIpc) is 2.63. The minimum absolute atomic E-state index is 0.245. The molecule has 1 aliphatic heterocycles. The molecule has 2 N–H and O–H groups in total. The summed E-state index contributed by atoms with van der Waals surface area (Å²) in [5.74, 6) is -0.580. The van der Waals surface area contributed by atoms with Crippen molar-refractivity contribution < 1.29 is 14.3 Å². The van der Waals surface area contributed by atoms with Crippen LogP contribution in [0.3, 0.4) is 0 Å². The maximum atomic E-state index is 13.8. The maximum absolute atomic E-state index is 13.8. The molecule has 1 unspecified atom stereocenters. The van der Waals surface area contributed by atoms with Gasteiger partial charge < -0.3 is 15.3 Å². The molecular weight excluding hydrogens is 321 g/mol. The van der Waals surface area contributed by atoms with E-state index in [4.69, 9.17) is 0 Å². The van der Waals surface area contributed by atoms with Crippen LogP contribution >= 0.6 is 0 Å². The van der Waals surface area contributed by atoms with Crippen LogP contribution in [-0.2, 0) is 0 Å². The smallest absolute Gasteiger partial charge is 0.253 e. The molecule has 0 spiro atoms. The summed E-state index contributed by atoms with van der Waals surface area (Å²) < 4.78 is 13.8. The number of aromatic nitrogens is 1. The number of carbonyl (C=O) groups excluding carboxylic acids is 1. The second-order valence-electron chi connectivity index (χ2n) is 6.36. The van der Waals surface area contributed by atoms with E-state index in [-0.39, 0.29) is 23.9 Å². The van der Waals surface area contributed by atoms with Crippen molar-refractivity contribution in [3.8, 4) is 0 Å². The van der Waals surface area contributed by atoms with Crippen molar-refractivity contribution in [1.29, 1.82) is 0 Å². The highest BCUT2D eigenvalue weighted by atomic mass is 19.1. The summed E-state index contributed by atoms with van der Waals surface area (Å²) >= 11 is 0. The van der Waals surface area contributed by atoms with Crippen molar-refractivity contribution in [2.45, 2.75) is 31.9 Å². The molecule has 132 valence electrons. The van der Waals surface area contributed by atoms with Crippen LogP contribution in [0.5, 0.6) is 0 Å². The fourth-order valence-electron chi connectivity index (χ4n) is 3.12. The van der Waals surface area contributed by atoms with Crippen LogP contribution in [0.4, 0.5) is 10.1 Å². The van der Waals surface area contributed by atoms with Gasteiger partial charge in [-0.1, -0.05) is 0 Å². The standard InChI is InChI=1S/C19H22FN3O2/c1-13(22-19(25)14-3-2-8-21-12-14)17-11-15(20)4-5-18(17)23-9-6-16(24)7-10-23/h2-5,8,11-13,16,24H,6-7,9-10H2,1H3,(H,22,25). The van der Waals surface area contributed by atoms with E-state index in [9.17, 15) is 14.3 Å². The van der Waals surface area contributed by atoms with Crippen molar-refractivity contribution in [2.24, 2.45) is 0 Å². The second kappa shape index (κ2) is 7.61. The largest absolute Gasteiger partial charge is 0.393 e. The third kappa shape index (κ3) is 4.14. The Labute approximate surface area is 146 Å². The van der Waals surface area contributed by atoms with E-state index >= 15 is 0 Å². The Morgan fingerprint density at radius 2 is 2.12 bits per heavy atom. The van der Waals surface area contributed by atoms with E-state index in [0.717, 1.165) is 11.3 Å².